The fraction of sp³-hybridized carbons (Fsp3) is 0.182. The van der Waals surface area contributed by atoms with Gasteiger partial charge in [-0.1, -0.05) is 0 Å². The highest BCUT2D eigenvalue weighted by Gasteiger charge is 2.12. The average molecular weight is 247 g/mol. The summed E-state index contributed by atoms with van der Waals surface area (Å²) in [5.41, 5.74) is 5.64. The molecule has 2 heterocycles. The molecule has 4 N–H and O–H groups in total. The van der Waals surface area contributed by atoms with Crippen molar-refractivity contribution in [3.8, 4) is 5.75 Å². The number of imidazole rings is 1. The number of pyridine rings is 1. The van der Waals surface area contributed by atoms with Crippen LogP contribution in [0.3, 0.4) is 0 Å². The SMILES string of the molecule is NCCn1cnc(C(=O)Nc2ncccc2O)c1. The summed E-state index contributed by atoms with van der Waals surface area (Å²) in [7, 11) is 0. The van der Waals surface area contributed by atoms with Crippen LogP contribution in [0.1, 0.15) is 10.5 Å². The van der Waals surface area contributed by atoms with E-state index in [1.807, 2.05) is 0 Å². The number of hydrogen-bond donors (Lipinski definition) is 3. The van der Waals surface area contributed by atoms with Crippen LogP contribution in [0.25, 0.3) is 0 Å². The summed E-state index contributed by atoms with van der Waals surface area (Å²) < 4.78 is 1.72. The van der Waals surface area contributed by atoms with E-state index in [9.17, 15) is 9.90 Å². The van der Waals surface area contributed by atoms with Gasteiger partial charge < -0.3 is 20.7 Å². The summed E-state index contributed by atoms with van der Waals surface area (Å²) in [4.78, 5) is 19.6. The Kier molecular flexibility index (Phi) is 3.54. The third kappa shape index (κ3) is 2.64. The fourth-order valence-electron chi connectivity index (χ4n) is 1.41. The van der Waals surface area contributed by atoms with Gasteiger partial charge in [-0.25, -0.2) is 9.97 Å². The minimum absolute atomic E-state index is 0.0905. The van der Waals surface area contributed by atoms with Crippen molar-refractivity contribution in [1.29, 1.82) is 0 Å². The van der Waals surface area contributed by atoms with E-state index in [-0.39, 0.29) is 17.3 Å². The largest absolute Gasteiger partial charge is 0.504 e. The van der Waals surface area contributed by atoms with Crippen molar-refractivity contribution in [2.75, 3.05) is 11.9 Å². The Morgan fingerprint density at radius 2 is 2.33 bits per heavy atom. The van der Waals surface area contributed by atoms with Gasteiger partial charge in [-0.05, 0) is 12.1 Å². The highest BCUT2D eigenvalue weighted by molar-refractivity contribution is 6.02. The number of carbonyl (C=O) groups excluding carboxylic acids is 1. The number of aromatic nitrogens is 3. The number of hydrogen-bond acceptors (Lipinski definition) is 5. The summed E-state index contributed by atoms with van der Waals surface area (Å²) in [6.45, 7) is 1.06. The van der Waals surface area contributed by atoms with Crippen molar-refractivity contribution in [1.82, 2.24) is 14.5 Å². The highest BCUT2D eigenvalue weighted by Crippen LogP contribution is 2.18. The first-order chi connectivity index (χ1) is 8.70. The molecule has 0 aliphatic rings. The fourth-order valence-corrected chi connectivity index (χ4v) is 1.41. The van der Waals surface area contributed by atoms with Crippen LogP contribution in [0.4, 0.5) is 5.82 Å². The number of carbonyl (C=O) groups is 1. The van der Waals surface area contributed by atoms with Crippen LogP contribution in [-0.2, 0) is 6.54 Å². The zero-order valence-corrected chi connectivity index (χ0v) is 9.58. The predicted octanol–water partition coefficient (Wildman–Crippen LogP) is 0.195. The van der Waals surface area contributed by atoms with E-state index in [2.05, 4.69) is 15.3 Å². The van der Waals surface area contributed by atoms with Crippen molar-refractivity contribution in [3.63, 3.8) is 0 Å². The van der Waals surface area contributed by atoms with Crippen LogP contribution >= 0.6 is 0 Å². The highest BCUT2D eigenvalue weighted by atomic mass is 16.3. The molecule has 2 aromatic heterocycles. The lowest BCUT2D eigenvalue weighted by molar-refractivity contribution is 0.102. The van der Waals surface area contributed by atoms with Crippen LogP contribution in [0.5, 0.6) is 5.75 Å². The van der Waals surface area contributed by atoms with Gasteiger partial charge in [-0.3, -0.25) is 4.79 Å². The molecule has 18 heavy (non-hydrogen) atoms. The van der Waals surface area contributed by atoms with E-state index >= 15 is 0 Å². The molecule has 2 aromatic rings. The number of nitrogens with two attached hydrogens (primary N) is 1. The molecular weight excluding hydrogens is 234 g/mol. The van der Waals surface area contributed by atoms with Gasteiger partial charge in [-0.15, -0.1) is 0 Å². The maximum Gasteiger partial charge on any atom is 0.277 e. The molecule has 94 valence electrons. The smallest absolute Gasteiger partial charge is 0.277 e. The number of nitrogens with zero attached hydrogens (tertiary/aromatic N) is 3. The lowest BCUT2D eigenvalue weighted by Crippen LogP contribution is -2.13. The van der Waals surface area contributed by atoms with E-state index in [1.165, 1.54) is 18.6 Å². The van der Waals surface area contributed by atoms with Crippen LogP contribution in [0.2, 0.25) is 0 Å². The Hall–Kier alpha value is -2.41. The molecule has 0 aliphatic heterocycles. The Morgan fingerprint density at radius 3 is 3.06 bits per heavy atom. The molecule has 0 radical (unpaired) electrons. The first-order valence-corrected chi connectivity index (χ1v) is 5.38. The van der Waals surface area contributed by atoms with Gasteiger partial charge in [-0.2, -0.15) is 0 Å². The Morgan fingerprint density at radius 1 is 1.50 bits per heavy atom. The van der Waals surface area contributed by atoms with Gasteiger partial charge in [0.1, 0.15) is 5.69 Å². The van der Waals surface area contributed by atoms with Crippen molar-refractivity contribution in [3.05, 3.63) is 36.5 Å². The molecule has 0 unspecified atom stereocenters. The van der Waals surface area contributed by atoms with Crippen molar-refractivity contribution in [2.24, 2.45) is 5.73 Å². The second-order valence-corrected chi connectivity index (χ2v) is 3.61. The number of rotatable bonds is 4. The molecule has 0 atom stereocenters. The standard InChI is InChI=1S/C11H13N5O2/c12-3-5-16-6-8(14-7-16)11(18)15-10-9(17)2-1-4-13-10/h1-2,4,6-7,17H,3,5,12H2,(H,13,15,18). The summed E-state index contributed by atoms with van der Waals surface area (Å²) in [6, 6.07) is 3.01. The summed E-state index contributed by atoms with van der Waals surface area (Å²) in [5, 5.41) is 12.0. The maximum absolute atomic E-state index is 11.8. The zero-order chi connectivity index (χ0) is 13.0. The summed E-state index contributed by atoms with van der Waals surface area (Å²) in [5.74, 6) is -0.414. The molecule has 7 heteroatoms. The number of amides is 1. The predicted molar refractivity (Wildman–Crippen MR) is 65.1 cm³/mol. The van der Waals surface area contributed by atoms with E-state index < -0.39 is 5.91 Å². The monoisotopic (exact) mass is 247 g/mol. The third-order valence-corrected chi connectivity index (χ3v) is 2.27. The van der Waals surface area contributed by atoms with Crippen LogP contribution < -0.4 is 11.1 Å². The first kappa shape index (κ1) is 12.1. The molecule has 0 spiro atoms. The van der Waals surface area contributed by atoms with Crippen LogP contribution in [0.15, 0.2) is 30.9 Å². The summed E-state index contributed by atoms with van der Waals surface area (Å²) in [6.07, 6.45) is 4.59. The molecule has 0 aromatic carbocycles. The minimum Gasteiger partial charge on any atom is -0.504 e. The molecule has 0 aliphatic carbocycles. The molecule has 0 bridgehead atoms. The second-order valence-electron chi connectivity index (χ2n) is 3.61. The van der Waals surface area contributed by atoms with Gasteiger partial charge in [0.2, 0.25) is 0 Å². The van der Waals surface area contributed by atoms with Crippen molar-refractivity contribution < 1.29 is 9.90 Å². The average Bonchev–Trinajstić information content (AvgIpc) is 2.81. The van der Waals surface area contributed by atoms with Crippen LogP contribution in [-0.4, -0.2) is 32.1 Å². The second kappa shape index (κ2) is 5.28. The summed E-state index contributed by atoms with van der Waals surface area (Å²) >= 11 is 0. The molecule has 0 saturated heterocycles. The molecule has 0 fully saturated rings. The Bertz CT molecular complexity index is 552. The van der Waals surface area contributed by atoms with Gasteiger partial charge in [0.25, 0.3) is 5.91 Å². The Labute approximate surface area is 103 Å². The van der Waals surface area contributed by atoms with E-state index in [1.54, 1.807) is 16.8 Å². The molecule has 1 amide bonds. The normalized spacial score (nSPS) is 10.3. The van der Waals surface area contributed by atoms with Gasteiger partial charge in [0.05, 0.1) is 6.33 Å². The van der Waals surface area contributed by atoms with Crippen molar-refractivity contribution in [2.45, 2.75) is 6.54 Å². The molecule has 0 saturated carbocycles. The minimum atomic E-state index is -0.431. The number of anilines is 1. The lowest BCUT2D eigenvalue weighted by Gasteiger charge is -2.03. The molecule has 2 rings (SSSR count). The van der Waals surface area contributed by atoms with Crippen LogP contribution in [0, 0.1) is 0 Å². The van der Waals surface area contributed by atoms with Gasteiger partial charge in [0, 0.05) is 25.5 Å². The van der Waals surface area contributed by atoms with Crippen molar-refractivity contribution >= 4 is 11.7 Å². The molecule has 7 nitrogen and oxygen atoms in total. The molecular formula is C11H13N5O2. The Balaban J connectivity index is 2.10. The van der Waals surface area contributed by atoms with E-state index in [0.29, 0.717) is 13.1 Å². The van der Waals surface area contributed by atoms with E-state index in [0.717, 1.165) is 0 Å². The van der Waals surface area contributed by atoms with Gasteiger partial charge in [0.15, 0.2) is 11.6 Å². The zero-order valence-electron chi connectivity index (χ0n) is 9.58. The lowest BCUT2D eigenvalue weighted by atomic mass is 10.4. The number of aromatic hydroxyl groups is 1. The first-order valence-electron chi connectivity index (χ1n) is 5.38. The topological polar surface area (TPSA) is 106 Å². The number of nitrogens with one attached hydrogen (secondary N) is 1. The maximum atomic E-state index is 11.8. The third-order valence-electron chi connectivity index (χ3n) is 2.27. The quantitative estimate of drug-likeness (QED) is 0.715. The van der Waals surface area contributed by atoms with Gasteiger partial charge >= 0.3 is 0 Å². The van der Waals surface area contributed by atoms with E-state index in [4.69, 9.17) is 5.73 Å².